The van der Waals surface area contributed by atoms with E-state index in [-0.39, 0.29) is 31.0 Å². The molecular weight excluding hydrogens is 575 g/mol. The van der Waals surface area contributed by atoms with Gasteiger partial charge in [0.05, 0.1) is 14.5 Å². The third-order valence-corrected chi connectivity index (χ3v) is 8.41. The molecule has 1 N–H and O–H groups in total. The number of rotatable bonds is 9. The minimum Gasteiger partial charge on any atom is -0.483 e. The van der Waals surface area contributed by atoms with Crippen molar-refractivity contribution in [3.8, 4) is 5.75 Å². The van der Waals surface area contributed by atoms with Gasteiger partial charge in [-0.2, -0.15) is 0 Å². The Bertz CT molecular complexity index is 1260. The lowest BCUT2D eigenvalue weighted by molar-refractivity contribution is -0.143. The molecule has 1 saturated carbocycles. The maximum absolute atomic E-state index is 13.6. The van der Waals surface area contributed by atoms with Crippen molar-refractivity contribution in [3.05, 3.63) is 74.7 Å². The molecule has 1 atom stereocenters. The second-order valence-corrected chi connectivity index (χ2v) is 11.0. The van der Waals surface area contributed by atoms with E-state index >= 15 is 0 Å². The number of benzene rings is 3. The Morgan fingerprint density at radius 1 is 1.05 bits per heavy atom. The number of halogens is 3. The van der Waals surface area contributed by atoms with Crippen LogP contribution in [0.5, 0.6) is 5.75 Å². The summed E-state index contributed by atoms with van der Waals surface area (Å²) in [4.78, 5) is 28.6. The fraction of sp³-hybridized carbons (Fsp3) is 0.379. The average Bonchev–Trinajstić information content (AvgIpc) is 2.90. The van der Waals surface area contributed by atoms with Gasteiger partial charge in [0.25, 0.3) is 5.91 Å². The highest BCUT2D eigenvalue weighted by Gasteiger charge is 2.31. The van der Waals surface area contributed by atoms with Crippen LogP contribution in [0.15, 0.2) is 59.1 Å². The molecular formula is C29H31BrCl2N2O3. The third kappa shape index (κ3) is 6.98. The molecule has 0 unspecified atom stereocenters. The quantitative estimate of drug-likeness (QED) is 0.274. The minimum atomic E-state index is -0.632. The molecule has 0 spiro atoms. The van der Waals surface area contributed by atoms with Gasteiger partial charge >= 0.3 is 0 Å². The summed E-state index contributed by atoms with van der Waals surface area (Å²) in [5, 5.41) is 6.10. The van der Waals surface area contributed by atoms with Gasteiger partial charge in [0.15, 0.2) is 6.61 Å². The van der Waals surface area contributed by atoms with Crippen LogP contribution in [0.3, 0.4) is 0 Å². The van der Waals surface area contributed by atoms with Crippen molar-refractivity contribution in [3.63, 3.8) is 0 Å². The molecule has 1 aliphatic carbocycles. The van der Waals surface area contributed by atoms with Crippen molar-refractivity contribution in [1.29, 1.82) is 0 Å². The SMILES string of the molecule is CC[C@H](C(=O)NC1CCCCC1)N(Cc1ccc(Cl)c(Cl)c1)C(=O)COc1ccc2ccccc2c1Br. The molecule has 8 heteroatoms. The second kappa shape index (κ2) is 13.0. The number of nitrogens with one attached hydrogen (secondary N) is 1. The Balaban J connectivity index is 1.54. The number of amides is 2. The predicted molar refractivity (Wildman–Crippen MR) is 153 cm³/mol. The van der Waals surface area contributed by atoms with E-state index in [0.29, 0.717) is 22.2 Å². The van der Waals surface area contributed by atoms with Crippen LogP contribution in [0.25, 0.3) is 10.8 Å². The zero-order valence-corrected chi connectivity index (χ0v) is 23.9. The van der Waals surface area contributed by atoms with Gasteiger partial charge in [-0.3, -0.25) is 9.59 Å². The predicted octanol–water partition coefficient (Wildman–Crippen LogP) is 7.54. The lowest BCUT2D eigenvalue weighted by Crippen LogP contribution is -2.52. The number of nitrogens with zero attached hydrogens (tertiary/aromatic N) is 1. The van der Waals surface area contributed by atoms with Crippen LogP contribution < -0.4 is 10.1 Å². The monoisotopic (exact) mass is 604 g/mol. The summed E-state index contributed by atoms with van der Waals surface area (Å²) in [5.74, 6) is 0.160. The van der Waals surface area contributed by atoms with Crippen molar-refractivity contribution in [2.45, 2.75) is 64.1 Å². The van der Waals surface area contributed by atoms with Crippen LogP contribution in [0.2, 0.25) is 10.0 Å². The number of carbonyl (C=O) groups is 2. The van der Waals surface area contributed by atoms with Gasteiger partial charge in [0, 0.05) is 12.6 Å². The molecule has 0 radical (unpaired) electrons. The van der Waals surface area contributed by atoms with Gasteiger partial charge < -0.3 is 15.0 Å². The van der Waals surface area contributed by atoms with Gasteiger partial charge in [0.1, 0.15) is 11.8 Å². The van der Waals surface area contributed by atoms with E-state index in [9.17, 15) is 9.59 Å². The zero-order valence-electron chi connectivity index (χ0n) is 20.8. The fourth-order valence-electron chi connectivity index (χ4n) is 4.85. The summed E-state index contributed by atoms with van der Waals surface area (Å²) < 4.78 is 6.76. The highest BCUT2D eigenvalue weighted by Crippen LogP contribution is 2.33. The van der Waals surface area contributed by atoms with E-state index in [4.69, 9.17) is 27.9 Å². The summed E-state index contributed by atoms with van der Waals surface area (Å²) in [6.07, 6.45) is 5.85. The van der Waals surface area contributed by atoms with Crippen LogP contribution in [0.4, 0.5) is 0 Å². The number of fused-ring (bicyclic) bond motifs is 1. The van der Waals surface area contributed by atoms with Gasteiger partial charge in [-0.1, -0.05) is 85.8 Å². The fourth-order valence-corrected chi connectivity index (χ4v) is 5.77. The van der Waals surface area contributed by atoms with Gasteiger partial charge in [-0.05, 0) is 69.7 Å². The molecule has 1 aliphatic rings. The van der Waals surface area contributed by atoms with Crippen molar-refractivity contribution >= 4 is 61.7 Å². The first-order chi connectivity index (χ1) is 17.9. The standard InChI is InChI=1S/C29H31BrCl2N2O3/c1-2-25(29(36)33-21-9-4-3-5-10-21)34(17-19-12-14-23(31)24(32)16-19)27(35)18-37-26-15-13-20-8-6-7-11-22(20)28(26)30/h6-8,11-16,21,25H,2-5,9-10,17-18H2,1H3,(H,33,36)/t25-/m1/s1. The molecule has 0 heterocycles. The summed E-state index contributed by atoms with van der Waals surface area (Å²) >= 11 is 16.0. The Hall–Kier alpha value is -2.28. The molecule has 0 saturated heterocycles. The van der Waals surface area contributed by atoms with E-state index in [0.717, 1.165) is 46.5 Å². The highest BCUT2D eigenvalue weighted by molar-refractivity contribution is 9.10. The summed E-state index contributed by atoms with van der Waals surface area (Å²) in [7, 11) is 0. The van der Waals surface area contributed by atoms with Crippen molar-refractivity contribution in [2.24, 2.45) is 0 Å². The van der Waals surface area contributed by atoms with Crippen LogP contribution in [-0.2, 0) is 16.1 Å². The number of carbonyl (C=O) groups excluding carboxylic acids is 2. The van der Waals surface area contributed by atoms with Crippen LogP contribution in [0, 0.1) is 0 Å². The number of hydrogen-bond acceptors (Lipinski definition) is 3. The lowest BCUT2D eigenvalue weighted by atomic mass is 9.95. The van der Waals surface area contributed by atoms with Gasteiger partial charge in [0.2, 0.25) is 5.91 Å². The van der Waals surface area contributed by atoms with Crippen molar-refractivity contribution in [2.75, 3.05) is 6.61 Å². The summed E-state index contributed by atoms with van der Waals surface area (Å²) in [6.45, 7) is 1.93. The van der Waals surface area contributed by atoms with E-state index in [2.05, 4.69) is 21.2 Å². The molecule has 4 rings (SSSR count). The van der Waals surface area contributed by atoms with E-state index in [1.807, 2.05) is 49.4 Å². The molecule has 0 bridgehead atoms. The molecule has 3 aromatic carbocycles. The smallest absolute Gasteiger partial charge is 0.261 e. The Kier molecular flexibility index (Phi) is 9.74. The summed E-state index contributed by atoms with van der Waals surface area (Å²) in [6, 6.07) is 16.5. The van der Waals surface area contributed by atoms with E-state index < -0.39 is 6.04 Å². The van der Waals surface area contributed by atoms with Crippen LogP contribution in [0.1, 0.15) is 51.0 Å². The maximum Gasteiger partial charge on any atom is 0.261 e. The third-order valence-electron chi connectivity index (χ3n) is 6.85. The average molecular weight is 606 g/mol. The molecule has 196 valence electrons. The number of ether oxygens (including phenoxy) is 1. The Labute approximate surface area is 236 Å². The minimum absolute atomic E-state index is 0.130. The first-order valence-corrected chi connectivity index (χ1v) is 14.3. The van der Waals surface area contributed by atoms with Crippen molar-refractivity contribution < 1.29 is 14.3 Å². The first-order valence-electron chi connectivity index (χ1n) is 12.7. The summed E-state index contributed by atoms with van der Waals surface area (Å²) in [5.41, 5.74) is 0.790. The van der Waals surface area contributed by atoms with E-state index in [1.54, 1.807) is 17.0 Å². The number of hydrogen-bond donors (Lipinski definition) is 1. The highest BCUT2D eigenvalue weighted by atomic mass is 79.9. The zero-order chi connectivity index (χ0) is 26.4. The topological polar surface area (TPSA) is 58.6 Å². The Morgan fingerprint density at radius 3 is 2.54 bits per heavy atom. The molecule has 2 amide bonds. The molecule has 3 aromatic rings. The molecule has 5 nitrogen and oxygen atoms in total. The Morgan fingerprint density at radius 2 is 1.81 bits per heavy atom. The van der Waals surface area contributed by atoms with Crippen LogP contribution in [-0.4, -0.2) is 35.4 Å². The maximum atomic E-state index is 13.6. The van der Waals surface area contributed by atoms with Crippen LogP contribution >= 0.6 is 39.1 Å². The molecule has 0 aliphatic heterocycles. The largest absolute Gasteiger partial charge is 0.483 e. The first kappa shape index (κ1) is 27.7. The lowest BCUT2D eigenvalue weighted by Gasteiger charge is -2.32. The van der Waals surface area contributed by atoms with Gasteiger partial charge in [-0.25, -0.2) is 0 Å². The van der Waals surface area contributed by atoms with Crippen molar-refractivity contribution in [1.82, 2.24) is 10.2 Å². The second-order valence-electron chi connectivity index (χ2n) is 9.43. The molecule has 37 heavy (non-hydrogen) atoms. The molecule has 0 aromatic heterocycles. The van der Waals surface area contributed by atoms with E-state index in [1.165, 1.54) is 6.42 Å². The molecule has 1 fully saturated rings. The van der Waals surface area contributed by atoms with Gasteiger partial charge in [-0.15, -0.1) is 0 Å². The normalized spacial score (nSPS) is 14.8.